The van der Waals surface area contributed by atoms with Gasteiger partial charge in [-0.2, -0.15) is 5.10 Å². The van der Waals surface area contributed by atoms with Crippen molar-refractivity contribution in [2.45, 2.75) is 0 Å². The highest BCUT2D eigenvalue weighted by atomic mass is 35.5. The van der Waals surface area contributed by atoms with E-state index in [9.17, 15) is 9.59 Å². The summed E-state index contributed by atoms with van der Waals surface area (Å²) in [6.07, 6.45) is 1.45. The fourth-order valence-electron chi connectivity index (χ4n) is 5.00. The van der Waals surface area contributed by atoms with E-state index in [4.69, 9.17) is 35.3 Å². The van der Waals surface area contributed by atoms with Crippen molar-refractivity contribution in [3.8, 4) is 39.9 Å². The van der Waals surface area contributed by atoms with Crippen LogP contribution in [0.5, 0.6) is 28.7 Å². The number of ether oxygens (including phenoxy) is 5. The summed E-state index contributed by atoms with van der Waals surface area (Å²) in [6.45, 7) is 0. The third-order valence-electron chi connectivity index (χ3n) is 7.34. The average Bonchev–Trinajstić information content (AvgIpc) is 3.47. The van der Waals surface area contributed by atoms with Crippen molar-refractivity contribution in [1.29, 1.82) is 0 Å². The number of halogens is 1. The van der Waals surface area contributed by atoms with E-state index < -0.39 is 11.9 Å². The van der Waals surface area contributed by atoms with Crippen molar-refractivity contribution in [2.24, 2.45) is 5.10 Å². The van der Waals surface area contributed by atoms with Crippen LogP contribution >= 0.6 is 11.6 Å². The Morgan fingerprint density at radius 1 is 0.830 bits per heavy atom. The molecular weight excluding hydrogens is 624 g/mol. The minimum Gasteiger partial charge on any atom is -0.493 e. The highest BCUT2D eigenvalue weighted by molar-refractivity contribution is 6.34. The van der Waals surface area contributed by atoms with Gasteiger partial charge in [0.1, 0.15) is 5.69 Å². The summed E-state index contributed by atoms with van der Waals surface area (Å²) in [5.41, 5.74) is 6.80. The largest absolute Gasteiger partial charge is 0.493 e. The van der Waals surface area contributed by atoms with Crippen LogP contribution in [-0.2, 0) is 0 Å². The van der Waals surface area contributed by atoms with Gasteiger partial charge in [-0.25, -0.2) is 10.2 Å². The highest BCUT2D eigenvalue weighted by Crippen LogP contribution is 2.40. The van der Waals surface area contributed by atoms with E-state index >= 15 is 0 Å². The number of hydrogen-bond donors (Lipinski definition) is 2. The van der Waals surface area contributed by atoms with E-state index in [1.54, 1.807) is 24.3 Å². The molecule has 0 aliphatic heterocycles. The number of carbonyl (C=O) groups is 2. The lowest BCUT2D eigenvalue weighted by Crippen LogP contribution is -2.19. The molecule has 5 aromatic rings. The Balaban J connectivity index is 1.37. The van der Waals surface area contributed by atoms with Crippen LogP contribution in [0.25, 0.3) is 22.0 Å². The fraction of sp³-hybridized carbons (Fsp3) is 0.171. The maximum absolute atomic E-state index is 13.5. The van der Waals surface area contributed by atoms with Gasteiger partial charge in [-0.15, -0.1) is 0 Å². The zero-order chi connectivity index (χ0) is 33.7. The molecule has 1 heterocycles. The van der Waals surface area contributed by atoms with Gasteiger partial charge in [-0.3, -0.25) is 4.79 Å². The topological polar surface area (TPSA) is 124 Å². The van der Waals surface area contributed by atoms with E-state index in [0.29, 0.717) is 44.7 Å². The number of aromatic nitrogens is 1. The van der Waals surface area contributed by atoms with Gasteiger partial charge in [-0.05, 0) is 60.2 Å². The molecule has 242 valence electrons. The van der Waals surface area contributed by atoms with Crippen LogP contribution in [-0.4, -0.2) is 65.6 Å². The Morgan fingerprint density at radius 2 is 1.53 bits per heavy atom. The van der Waals surface area contributed by atoms with Crippen molar-refractivity contribution in [3.05, 3.63) is 94.6 Å². The van der Waals surface area contributed by atoms with E-state index in [-0.39, 0.29) is 17.1 Å². The summed E-state index contributed by atoms with van der Waals surface area (Å²) in [6, 6.07) is 21.1. The molecule has 12 heteroatoms. The van der Waals surface area contributed by atoms with Crippen LogP contribution in [0.15, 0.2) is 77.9 Å². The summed E-state index contributed by atoms with van der Waals surface area (Å²) in [5.74, 6) is 0.292. The quantitative estimate of drug-likeness (QED) is 0.0708. The third kappa shape index (κ3) is 6.80. The zero-order valence-electron chi connectivity index (χ0n) is 26.6. The Bertz CT molecular complexity index is 1960. The van der Waals surface area contributed by atoms with Gasteiger partial charge in [0.25, 0.3) is 5.91 Å². The molecule has 0 fully saturated rings. The highest BCUT2D eigenvalue weighted by Gasteiger charge is 2.22. The number of nitrogens with one attached hydrogen (secondary N) is 2. The van der Waals surface area contributed by atoms with E-state index in [1.807, 2.05) is 55.4 Å². The van der Waals surface area contributed by atoms with Crippen molar-refractivity contribution >= 4 is 46.3 Å². The maximum atomic E-state index is 13.5. The predicted octanol–water partition coefficient (Wildman–Crippen LogP) is 6.57. The van der Waals surface area contributed by atoms with Crippen LogP contribution in [0.2, 0.25) is 5.02 Å². The summed E-state index contributed by atoms with van der Waals surface area (Å²) >= 11 is 6.58. The predicted molar refractivity (Wildman–Crippen MR) is 182 cm³/mol. The van der Waals surface area contributed by atoms with E-state index in [1.165, 1.54) is 46.8 Å². The Kier molecular flexibility index (Phi) is 9.86. The smallest absolute Gasteiger partial charge is 0.343 e. The van der Waals surface area contributed by atoms with Crippen LogP contribution in [0, 0.1) is 0 Å². The molecule has 1 aromatic heterocycles. The molecule has 0 radical (unpaired) electrons. The monoisotopic (exact) mass is 656 g/mol. The number of anilines is 1. The van der Waals surface area contributed by atoms with Gasteiger partial charge in [0.2, 0.25) is 5.75 Å². The Labute approximate surface area is 276 Å². The van der Waals surface area contributed by atoms with Crippen molar-refractivity contribution in [3.63, 3.8) is 0 Å². The lowest BCUT2D eigenvalue weighted by atomic mass is 10.0. The lowest BCUT2D eigenvalue weighted by Gasteiger charge is -2.14. The third-order valence-corrected chi connectivity index (χ3v) is 7.67. The van der Waals surface area contributed by atoms with Crippen LogP contribution in [0.4, 0.5) is 5.69 Å². The van der Waals surface area contributed by atoms with Crippen LogP contribution in [0.3, 0.4) is 0 Å². The van der Waals surface area contributed by atoms with Gasteiger partial charge >= 0.3 is 5.97 Å². The molecule has 1 amide bonds. The molecule has 11 nitrogen and oxygen atoms in total. The summed E-state index contributed by atoms with van der Waals surface area (Å²) in [4.78, 5) is 31.7. The Hall–Kier alpha value is -5.68. The molecule has 47 heavy (non-hydrogen) atoms. The second kappa shape index (κ2) is 14.2. The second-order valence-electron chi connectivity index (χ2n) is 10.4. The molecule has 0 aliphatic carbocycles. The van der Waals surface area contributed by atoms with Crippen LogP contribution < -0.4 is 34.0 Å². The lowest BCUT2D eigenvalue weighted by molar-refractivity contribution is 0.0728. The molecule has 0 spiro atoms. The standard InChI is InChI=1S/C35H33ClN4O7/c1-40(2)22-12-13-26-24(18-22)31(23-9-7-8-10-25(23)36)32(38-26)34(41)39-37-19-20-11-14-27(28(15-20)43-3)47-35(42)21-16-29(44-4)33(46-6)30(17-21)45-5/h7-19,38H,1-6H3,(H,39,41). The number of hydrogen-bond acceptors (Lipinski definition) is 9. The first-order valence-corrected chi connectivity index (χ1v) is 14.7. The Morgan fingerprint density at radius 3 is 2.17 bits per heavy atom. The number of hydrazone groups is 1. The van der Waals surface area contributed by atoms with Gasteiger partial charge in [-0.1, -0.05) is 29.8 Å². The maximum Gasteiger partial charge on any atom is 0.343 e. The molecule has 0 saturated heterocycles. The molecule has 2 N–H and O–H groups in total. The van der Waals surface area contributed by atoms with Crippen LogP contribution in [0.1, 0.15) is 26.4 Å². The van der Waals surface area contributed by atoms with Crippen molar-refractivity contribution in [1.82, 2.24) is 10.4 Å². The van der Waals surface area contributed by atoms with Gasteiger partial charge in [0, 0.05) is 46.8 Å². The average molecular weight is 657 g/mol. The fourth-order valence-corrected chi connectivity index (χ4v) is 5.23. The van der Waals surface area contributed by atoms with Gasteiger partial charge in [0.05, 0.1) is 40.2 Å². The summed E-state index contributed by atoms with van der Waals surface area (Å²) in [5, 5.41) is 5.53. The zero-order valence-corrected chi connectivity index (χ0v) is 27.4. The molecule has 0 aliphatic rings. The first-order valence-electron chi connectivity index (χ1n) is 14.3. The molecule has 5 rings (SSSR count). The SMILES string of the molecule is COc1cc(C=NNC(=O)c2[nH]c3ccc(N(C)C)cc3c2-c2ccccc2Cl)ccc1OC(=O)c1cc(OC)c(OC)c(OC)c1. The second-order valence-corrected chi connectivity index (χ2v) is 10.8. The molecule has 0 saturated carbocycles. The molecular formula is C35H33ClN4O7. The number of rotatable bonds is 11. The summed E-state index contributed by atoms with van der Waals surface area (Å²) in [7, 11) is 9.73. The number of fused-ring (bicyclic) bond motifs is 1. The number of benzene rings is 4. The first-order chi connectivity index (χ1) is 22.7. The van der Waals surface area contributed by atoms with E-state index in [0.717, 1.165) is 16.6 Å². The van der Waals surface area contributed by atoms with E-state index in [2.05, 4.69) is 15.5 Å². The van der Waals surface area contributed by atoms with Gasteiger partial charge in [0.15, 0.2) is 23.0 Å². The van der Waals surface area contributed by atoms with Crippen molar-refractivity contribution in [2.75, 3.05) is 47.4 Å². The molecule has 0 unspecified atom stereocenters. The first kappa shape index (κ1) is 32.7. The number of aromatic amines is 1. The minimum absolute atomic E-state index is 0.173. The molecule has 0 atom stereocenters. The number of carbonyl (C=O) groups excluding carboxylic acids is 2. The number of amides is 1. The molecule has 0 bridgehead atoms. The van der Waals surface area contributed by atoms with Gasteiger partial charge < -0.3 is 33.6 Å². The van der Waals surface area contributed by atoms with Crippen molar-refractivity contribution < 1.29 is 33.3 Å². The number of esters is 1. The number of nitrogens with zero attached hydrogens (tertiary/aromatic N) is 2. The number of methoxy groups -OCH3 is 4. The summed E-state index contributed by atoms with van der Waals surface area (Å²) < 4.78 is 27.1. The normalized spacial score (nSPS) is 11.0. The molecule has 4 aromatic carbocycles. The number of H-pyrrole nitrogens is 1. The minimum atomic E-state index is -0.665.